The first kappa shape index (κ1) is 39.5. The normalized spacial score (nSPS) is 13.7. The van der Waals surface area contributed by atoms with Gasteiger partial charge in [-0.15, -0.1) is 0 Å². The Morgan fingerprint density at radius 3 is 0.790 bits per heavy atom. The second-order valence-electron chi connectivity index (χ2n) is 17.4. The van der Waals surface area contributed by atoms with Gasteiger partial charge >= 0.3 is 0 Å². The van der Waals surface area contributed by atoms with Crippen molar-refractivity contribution < 1.29 is 19.2 Å². The van der Waals surface area contributed by atoms with Crippen molar-refractivity contribution in [1.82, 2.24) is 0 Å². The number of para-hydroxylation sites is 2. The zero-order chi connectivity index (χ0) is 44.4. The Kier molecular flexibility index (Phi) is 8.81. The molecule has 0 aliphatic carbocycles. The highest BCUT2D eigenvalue weighted by molar-refractivity contribution is 6.47. The van der Waals surface area contributed by atoms with E-state index in [1.165, 1.54) is 24.3 Å². The van der Waals surface area contributed by atoms with Crippen LogP contribution in [0.1, 0.15) is 165 Å². The third kappa shape index (κ3) is 5.05. The Hall–Kier alpha value is -7.92. The predicted octanol–water partition coefficient (Wildman–Crippen LogP) is 11.3. The van der Waals surface area contributed by atoms with Crippen molar-refractivity contribution in [1.29, 1.82) is 21.0 Å². The van der Waals surface area contributed by atoms with Crippen LogP contribution in [0.5, 0.6) is 0 Å². The van der Waals surface area contributed by atoms with Crippen molar-refractivity contribution in [2.24, 2.45) is 0 Å². The summed E-state index contributed by atoms with van der Waals surface area (Å²) in [6, 6.07) is 26.0. The number of carbonyl (C=O) groups excluding carboxylic acids is 4. The number of carbonyl (C=O) groups is 4. The van der Waals surface area contributed by atoms with Gasteiger partial charge in [0.1, 0.15) is 0 Å². The molecule has 0 radical (unpaired) electrons. The van der Waals surface area contributed by atoms with Crippen LogP contribution in [0.3, 0.4) is 0 Å². The molecule has 0 N–H and O–H groups in total. The van der Waals surface area contributed by atoms with Gasteiger partial charge in [-0.1, -0.05) is 91.8 Å². The number of hydrogen-bond donors (Lipinski definition) is 0. The average molecular weight is 811 g/mol. The minimum absolute atomic E-state index is 0.0254. The van der Waals surface area contributed by atoms with E-state index in [2.05, 4.69) is 24.3 Å². The van der Waals surface area contributed by atoms with E-state index in [4.69, 9.17) is 0 Å². The molecular weight excluding hydrogens is 773 g/mol. The second-order valence-corrected chi connectivity index (χ2v) is 17.4. The van der Waals surface area contributed by atoms with Crippen LogP contribution in [0.15, 0.2) is 60.7 Å². The summed E-state index contributed by atoms with van der Waals surface area (Å²) in [6.45, 7) is 15.8. The smallest absolute Gasteiger partial charge is 0.266 e. The molecule has 0 saturated heterocycles. The van der Waals surface area contributed by atoms with Gasteiger partial charge in [0.15, 0.2) is 0 Å². The molecule has 300 valence electrons. The molecule has 10 heteroatoms. The Labute approximate surface area is 357 Å². The van der Waals surface area contributed by atoms with Gasteiger partial charge in [0.2, 0.25) is 0 Å². The first-order valence-corrected chi connectivity index (χ1v) is 20.6. The molecule has 2 aliphatic heterocycles. The fraction of sp³-hybridized carbons (Fsp3) is 0.231. The Balaban J connectivity index is 1.45. The van der Waals surface area contributed by atoms with E-state index in [9.17, 15) is 21.0 Å². The number of nitrogens with zero attached hydrogens (tertiary/aromatic N) is 6. The summed E-state index contributed by atoms with van der Waals surface area (Å²) in [6.07, 6.45) is 0. The zero-order valence-corrected chi connectivity index (χ0v) is 35.4. The van der Waals surface area contributed by atoms with Gasteiger partial charge < -0.3 is 0 Å². The van der Waals surface area contributed by atoms with E-state index in [0.29, 0.717) is 11.4 Å². The van der Waals surface area contributed by atoms with Gasteiger partial charge in [-0.3, -0.25) is 19.2 Å². The topological polar surface area (TPSA) is 170 Å². The molecule has 7 aromatic rings. The van der Waals surface area contributed by atoms with E-state index >= 15 is 19.2 Å². The van der Waals surface area contributed by atoms with Crippen LogP contribution in [0.2, 0.25) is 0 Å². The molecule has 0 bridgehead atoms. The van der Waals surface area contributed by atoms with Crippen LogP contribution in [-0.2, 0) is 0 Å². The van der Waals surface area contributed by atoms with E-state index in [1.54, 1.807) is 0 Å². The molecule has 0 aromatic heterocycles. The number of amides is 4. The number of hydrogen-bond acceptors (Lipinski definition) is 8. The SMILES string of the molecule is CC(C)c1cccc(C(C)C)c1N1C(=O)c2cc(C#N)c3c4c(C#N)cc5c6c(cc(C#N)c(c7c(C#N)cc(c2c37)C1=O)c64)C(=O)N(c1c(C(C)C)cccc1C(C)C)C5=O. The fourth-order valence-corrected chi connectivity index (χ4v) is 9.95. The molecule has 0 atom stereocenters. The molecule has 7 aromatic carbocycles. The lowest BCUT2D eigenvalue weighted by molar-refractivity contribution is 0.0877. The van der Waals surface area contributed by atoms with Crippen LogP contribution in [0.25, 0.3) is 43.1 Å². The van der Waals surface area contributed by atoms with Gasteiger partial charge in [-0.05, 0) is 70.2 Å². The van der Waals surface area contributed by atoms with Crippen LogP contribution in [0, 0.1) is 45.3 Å². The lowest BCUT2D eigenvalue weighted by Crippen LogP contribution is -2.42. The van der Waals surface area contributed by atoms with E-state index in [-0.39, 0.29) is 111 Å². The van der Waals surface area contributed by atoms with E-state index < -0.39 is 23.6 Å². The first-order valence-electron chi connectivity index (χ1n) is 20.6. The van der Waals surface area contributed by atoms with Crippen molar-refractivity contribution >= 4 is 78.1 Å². The van der Waals surface area contributed by atoms with Crippen LogP contribution >= 0.6 is 0 Å². The van der Waals surface area contributed by atoms with Crippen molar-refractivity contribution in [3.8, 4) is 24.3 Å². The molecule has 0 saturated carbocycles. The van der Waals surface area contributed by atoms with Crippen LogP contribution < -0.4 is 9.80 Å². The lowest BCUT2D eigenvalue weighted by atomic mass is 9.77. The molecule has 0 spiro atoms. The van der Waals surface area contributed by atoms with Gasteiger partial charge in [0.05, 0.1) is 80.2 Å². The van der Waals surface area contributed by atoms with E-state index in [1.807, 2.05) is 91.8 Å². The number of fused-ring (bicyclic) bond motifs is 2. The lowest BCUT2D eigenvalue weighted by Gasteiger charge is -2.34. The van der Waals surface area contributed by atoms with Crippen molar-refractivity contribution in [3.63, 3.8) is 0 Å². The Bertz CT molecular complexity index is 3020. The summed E-state index contributed by atoms with van der Waals surface area (Å²) >= 11 is 0. The summed E-state index contributed by atoms with van der Waals surface area (Å²) in [5.74, 6) is -2.95. The second kappa shape index (κ2) is 13.8. The molecule has 4 amide bonds. The maximum absolute atomic E-state index is 15.0. The summed E-state index contributed by atoms with van der Waals surface area (Å²) in [5, 5.41) is 45.4. The van der Waals surface area contributed by atoms with Crippen molar-refractivity contribution in [3.05, 3.63) is 127 Å². The summed E-state index contributed by atoms with van der Waals surface area (Å²) in [5.41, 5.74) is 4.08. The van der Waals surface area contributed by atoms with Crippen molar-refractivity contribution in [2.45, 2.75) is 79.1 Å². The summed E-state index contributed by atoms with van der Waals surface area (Å²) in [4.78, 5) is 62.4. The van der Waals surface area contributed by atoms with Gasteiger partial charge in [-0.2, -0.15) is 21.0 Å². The zero-order valence-electron chi connectivity index (χ0n) is 35.4. The molecule has 0 unspecified atom stereocenters. The molecular formula is C52H38N6O4. The Morgan fingerprint density at radius 1 is 0.371 bits per heavy atom. The average Bonchev–Trinajstić information content (AvgIpc) is 3.25. The number of anilines is 2. The predicted molar refractivity (Wildman–Crippen MR) is 238 cm³/mol. The minimum Gasteiger partial charge on any atom is -0.268 e. The minimum atomic E-state index is -0.660. The molecule has 62 heavy (non-hydrogen) atoms. The van der Waals surface area contributed by atoms with Crippen LogP contribution in [-0.4, -0.2) is 23.6 Å². The highest BCUT2D eigenvalue weighted by Gasteiger charge is 2.43. The van der Waals surface area contributed by atoms with Gasteiger partial charge in [-0.25, -0.2) is 9.80 Å². The maximum Gasteiger partial charge on any atom is 0.266 e. The summed E-state index contributed by atoms with van der Waals surface area (Å²) < 4.78 is 0. The highest BCUT2D eigenvalue weighted by atomic mass is 16.2. The molecule has 10 nitrogen and oxygen atoms in total. The molecule has 9 rings (SSSR count). The molecule has 2 aliphatic rings. The largest absolute Gasteiger partial charge is 0.268 e. The third-order valence-corrected chi connectivity index (χ3v) is 12.7. The number of benzene rings is 7. The van der Waals surface area contributed by atoms with Gasteiger partial charge in [0.25, 0.3) is 23.6 Å². The Morgan fingerprint density at radius 2 is 0.597 bits per heavy atom. The molecule has 0 fully saturated rings. The maximum atomic E-state index is 15.0. The fourth-order valence-electron chi connectivity index (χ4n) is 9.95. The van der Waals surface area contributed by atoms with Crippen LogP contribution in [0.4, 0.5) is 11.4 Å². The first-order chi connectivity index (χ1) is 29.6. The number of imide groups is 2. The highest BCUT2D eigenvalue weighted by Crippen LogP contribution is 2.52. The quantitative estimate of drug-likeness (QED) is 0.0907. The van der Waals surface area contributed by atoms with Crippen molar-refractivity contribution in [2.75, 3.05) is 9.80 Å². The monoisotopic (exact) mass is 810 g/mol. The standard InChI is InChI=1S/C52H38N6O4/c1-23(2)31-11-9-12-32(24(3)4)47(31)57-49(59)35-15-27(19-53)39-41-29(21-55)17-37-44-38(52(62)58(51(37)61)48-33(25(5)6)13-10-14-34(48)26(7)8)18-30(22-56)42(46(41)44)40-28(20-54)16-36(50(57)60)43(35)45(39)40/h9-18,23-26H,1-8H3. The number of nitriles is 4. The number of rotatable bonds is 6. The van der Waals surface area contributed by atoms with Gasteiger partial charge in [0, 0.05) is 43.1 Å². The molecule has 2 heterocycles. The summed E-state index contributed by atoms with van der Waals surface area (Å²) in [7, 11) is 0. The van der Waals surface area contributed by atoms with E-state index in [0.717, 1.165) is 32.1 Å². The third-order valence-electron chi connectivity index (χ3n) is 12.7.